The van der Waals surface area contributed by atoms with Gasteiger partial charge in [-0.2, -0.15) is 0 Å². The fourth-order valence-electron chi connectivity index (χ4n) is 2.50. The molecule has 0 aromatic rings. The first-order valence-corrected chi connectivity index (χ1v) is 7.55. The molecule has 0 unspecified atom stereocenters. The summed E-state index contributed by atoms with van der Waals surface area (Å²) in [5.74, 6) is -1.13. The number of Topliss-reactive ketones (excluding diaryl/α,β-unsaturated/α-hetero) is 1. The number of carbonyl (C=O) groups excluding carboxylic acids is 1. The number of ether oxygens (including phenoxy) is 2. The van der Waals surface area contributed by atoms with Crippen LogP contribution in [0, 0.1) is 5.92 Å². The van der Waals surface area contributed by atoms with Crippen molar-refractivity contribution in [1.29, 1.82) is 0 Å². The zero-order valence-corrected chi connectivity index (χ0v) is 10.4. The molecule has 0 bridgehead atoms. The van der Waals surface area contributed by atoms with Crippen LogP contribution < -0.4 is 0 Å². The van der Waals surface area contributed by atoms with Crippen molar-refractivity contribution in [3.8, 4) is 0 Å². The fraction of sp³-hybridized carbons (Fsp3) is 0.900. The third-order valence-electron chi connectivity index (χ3n) is 3.38. The molecule has 2 N–H and O–H groups in total. The smallest absolute Gasteiger partial charge is 0.332 e. The topological polar surface area (TPSA) is 93.1 Å². The first-order valence-electron chi connectivity index (χ1n) is 5.75. The van der Waals surface area contributed by atoms with Crippen LogP contribution in [-0.2, 0) is 18.8 Å². The molecule has 2 rings (SSSR count). The van der Waals surface area contributed by atoms with Gasteiger partial charge in [0.2, 0.25) is 0 Å². The molecule has 2 fully saturated rings. The Morgan fingerprint density at radius 3 is 2.24 bits per heavy atom. The average Bonchev–Trinajstić information content (AvgIpc) is 2.65. The van der Waals surface area contributed by atoms with E-state index in [1.54, 1.807) is 0 Å². The molecule has 1 aliphatic carbocycles. The highest BCUT2D eigenvalue weighted by Crippen LogP contribution is 2.41. The quantitative estimate of drug-likeness (QED) is 0.727. The van der Waals surface area contributed by atoms with Gasteiger partial charge in [0, 0.05) is 18.8 Å². The van der Waals surface area contributed by atoms with Gasteiger partial charge in [-0.1, -0.05) is 0 Å². The van der Waals surface area contributed by atoms with E-state index in [1.165, 1.54) is 0 Å². The number of ketones is 1. The number of rotatable bonds is 3. The van der Waals surface area contributed by atoms with E-state index in [2.05, 4.69) is 0 Å². The molecule has 1 spiro atoms. The molecule has 0 aromatic heterocycles. The van der Waals surface area contributed by atoms with E-state index in [-0.39, 0.29) is 11.7 Å². The molecular weight excluding hydrogens is 247 g/mol. The maximum Gasteiger partial charge on any atom is 0.332 e. The minimum absolute atomic E-state index is 0.263. The predicted molar refractivity (Wildman–Crippen MR) is 58.5 cm³/mol. The van der Waals surface area contributed by atoms with E-state index >= 15 is 0 Å². The molecule has 2 aliphatic rings. The Kier molecular flexibility index (Phi) is 3.71. The predicted octanol–water partition coefficient (Wildman–Crippen LogP) is 0.666. The first kappa shape index (κ1) is 13.2. The molecular formula is C10H17O6P. The Balaban J connectivity index is 1.86. The van der Waals surface area contributed by atoms with Crippen molar-refractivity contribution in [3.63, 3.8) is 0 Å². The van der Waals surface area contributed by atoms with E-state index in [1.807, 2.05) is 0 Å². The van der Waals surface area contributed by atoms with E-state index in [4.69, 9.17) is 19.3 Å². The minimum atomic E-state index is -4.23. The molecule has 98 valence electrons. The third kappa shape index (κ3) is 3.36. The van der Waals surface area contributed by atoms with Crippen LogP contribution in [0.5, 0.6) is 0 Å². The van der Waals surface area contributed by atoms with Crippen molar-refractivity contribution in [2.24, 2.45) is 5.92 Å². The molecule has 1 heterocycles. The maximum atomic E-state index is 11.6. The van der Waals surface area contributed by atoms with Gasteiger partial charge < -0.3 is 19.3 Å². The highest BCUT2D eigenvalue weighted by molar-refractivity contribution is 7.52. The lowest BCUT2D eigenvalue weighted by molar-refractivity contribution is -0.183. The lowest BCUT2D eigenvalue weighted by Crippen LogP contribution is -2.37. The van der Waals surface area contributed by atoms with E-state index in [0.717, 1.165) is 0 Å². The van der Waals surface area contributed by atoms with Gasteiger partial charge in [0.25, 0.3) is 0 Å². The molecule has 17 heavy (non-hydrogen) atoms. The second-order valence-corrected chi connectivity index (χ2v) is 6.32. The Morgan fingerprint density at radius 1 is 1.24 bits per heavy atom. The molecule has 1 aliphatic heterocycles. The van der Waals surface area contributed by atoms with Gasteiger partial charge in [-0.25, -0.2) is 0 Å². The Labute approximate surface area is 99.5 Å². The van der Waals surface area contributed by atoms with Crippen LogP contribution in [0.2, 0.25) is 0 Å². The maximum absolute atomic E-state index is 11.6. The largest absolute Gasteiger partial charge is 0.348 e. The molecule has 1 saturated carbocycles. The number of carbonyl (C=O) groups is 1. The molecule has 0 aromatic carbocycles. The summed E-state index contributed by atoms with van der Waals surface area (Å²) >= 11 is 0. The van der Waals surface area contributed by atoms with Crippen LogP contribution in [0.1, 0.15) is 25.7 Å². The molecule has 7 heteroatoms. The van der Waals surface area contributed by atoms with Crippen molar-refractivity contribution in [3.05, 3.63) is 0 Å². The fourth-order valence-corrected chi connectivity index (χ4v) is 3.16. The van der Waals surface area contributed by atoms with Crippen molar-refractivity contribution in [2.75, 3.05) is 19.4 Å². The van der Waals surface area contributed by atoms with E-state index < -0.39 is 19.5 Å². The second-order valence-electron chi connectivity index (χ2n) is 4.67. The van der Waals surface area contributed by atoms with Crippen LogP contribution >= 0.6 is 7.60 Å². The van der Waals surface area contributed by atoms with Gasteiger partial charge in [0.15, 0.2) is 5.79 Å². The molecule has 0 radical (unpaired) electrons. The Morgan fingerprint density at radius 2 is 1.76 bits per heavy atom. The highest BCUT2D eigenvalue weighted by atomic mass is 31.2. The van der Waals surface area contributed by atoms with Gasteiger partial charge >= 0.3 is 7.60 Å². The lowest BCUT2D eigenvalue weighted by atomic mass is 9.83. The van der Waals surface area contributed by atoms with Crippen LogP contribution in [0.3, 0.4) is 0 Å². The molecule has 0 atom stereocenters. The van der Waals surface area contributed by atoms with E-state index in [0.29, 0.717) is 38.9 Å². The van der Waals surface area contributed by atoms with Crippen molar-refractivity contribution >= 4 is 13.4 Å². The van der Waals surface area contributed by atoms with Gasteiger partial charge in [0.1, 0.15) is 11.9 Å². The average molecular weight is 264 g/mol. The first-order chi connectivity index (χ1) is 7.90. The van der Waals surface area contributed by atoms with Crippen LogP contribution in [0.25, 0.3) is 0 Å². The molecule has 1 saturated heterocycles. The summed E-state index contributed by atoms with van der Waals surface area (Å²) in [7, 11) is -4.23. The number of hydrogen-bond acceptors (Lipinski definition) is 4. The summed E-state index contributed by atoms with van der Waals surface area (Å²) in [5.41, 5.74) is 0. The summed E-state index contributed by atoms with van der Waals surface area (Å²) in [6.45, 7) is 1.17. The highest BCUT2D eigenvalue weighted by Gasteiger charge is 2.42. The van der Waals surface area contributed by atoms with Gasteiger partial charge in [-0.05, 0) is 12.8 Å². The minimum Gasteiger partial charge on any atom is -0.348 e. The summed E-state index contributed by atoms with van der Waals surface area (Å²) in [6, 6.07) is 0. The van der Waals surface area contributed by atoms with Gasteiger partial charge in [-0.3, -0.25) is 9.36 Å². The van der Waals surface area contributed by atoms with Crippen LogP contribution in [-0.4, -0.2) is 40.7 Å². The molecule has 6 nitrogen and oxygen atoms in total. The van der Waals surface area contributed by atoms with Crippen molar-refractivity contribution in [1.82, 2.24) is 0 Å². The standard InChI is InChI=1S/C10H17O6P/c11-9(7-17(12,13)14)8-1-3-10(4-2-8)15-5-6-16-10/h8H,1-7H2,(H2,12,13,14). The summed E-state index contributed by atoms with van der Waals surface area (Å²) in [6.07, 6.45) is 1.78. The summed E-state index contributed by atoms with van der Waals surface area (Å²) < 4.78 is 21.8. The monoisotopic (exact) mass is 264 g/mol. The zero-order valence-electron chi connectivity index (χ0n) is 9.50. The molecule has 0 amide bonds. The van der Waals surface area contributed by atoms with Crippen molar-refractivity contribution < 1.29 is 28.6 Å². The second kappa shape index (κ2) is 4.78. The number of hydrogen-bond donors (Lipinski definition) is 2. The lowest BCUT2D eigenvalue weighted by Gasteiger charge is -2.34. The normalized spacial score (nSPS) is 25.3. The van der Waals surface area contributed by atoms with Gasteiger partial charge in [-0.15, -0.1) is 0 Å². The van der Waals surface area contributed by atoms with E-state index in [9.17, 15) is 9.36 Å². The third-order valence-corrected chi connectivity index (χ3v) is 4.10. The SMILES string of the molecule is O=C(CP(=O)(O)O)C1CCC2(CC1)OCCO2. The van der Waals surface area contributed by atoms with Gasteiger partial charge in [0.05, 0.1) is 13.2 Å². The summed E-state index contributed by atoms with van der Waals surface area (Å²) in [5, 5.41) is 0. The summed E-state index contributed by atoms with van der Waals surface area (Å²) in [4.78, 5) is 29.2. The van der Waals surface area contributed by atoms with Crippen LogP contribution in [0.4, 0.5) is 0 Å². The van der Waals surface area contributed by atoms with Crippen molar-refractivity contribution in [2.45, 2.75) is 31.5 Å². The van der Waals surface area contributed by atoms with Crippen LogP contribution in [0.15, 0.2) is 0 Å². The Hall–Kier alpha value is -0.260. The zero-order chi connectivity index (χ0) is 12.5. The Bertz CT molecular complexity index is 333.